The lowest BCUT2D eigenvalue weighted by Gasteiger charge is -2.04. The van der Waals surface area contributed by atoms with E-state index >= 15 is 0 Å². The SMILES string of the molecule is CCNCCn1cncc(Br)c1=O. The Hall–Kier alpha value is -0.680. The van der Waals surface area contributed by atoms with Gasteiger partial charge in [-0.25, -0.2) is 4.98 Å². The van der Waals surface area contributed by atoms with Crippen LogP contribution in [0.25, 0.3) is 0 Å². The predicted molar refractivity (Wildman–Crippen MR) is 54.7 cm³/mol. The molecule has 0 aliphatic carbocycles. The predicted octanol–water partition coefficient (Wildman–Crippen LogP) is 0.615. The summed E-state index contributed by atoms with van der Waals surface area (Å²) < 4.78 is 2.08. The van der Waals surface area contributed by atoms with Crippen molar-refractivity contribution in [2.75, 3.05) is 13.1 Å². The van der Waals surface area contributed by atoms with Gasteiger partial charge in [0.1, 0.15) is 4.47 Å². The molecule has 0 saturated heterocycles. The van der Waals surface area contributed by atoms with Gasteiger partial charge >= 0.3 is 0 Å². The van der Waals surface area contributed by atoms with Gasteiger partial charge in [0, 0.05) is 19.3 Å². The van der Waals surface area contributed by atoms with Gasteiger partial charge in [-0.3, -0.25) is 9.36 Å². The fourth-order valence-electron chi connectivity index (χ4n) is 0.960. The number of aromatic nitrogens is 2. The number of nitrogens with one attached hydrogen (secondary N) is 1. The van der Waals surface area contributed by atoms with E-state index < -0.39 is 0 Å². The van der Waals surface area contributed by atoms with Gasteiger partial charge in [-0.2, -0.15) is 0 Å². The van der Waals surface area contributed by atoms with Gasteiger partial charge in [-0.1, -0.05) is 6.92 Å². The molecule has 0 unspecified atom stereocenters. The summed E-state index contributed by atoms with van der Waals surface area (Å²) in [6.45, 7) is 4.38. The molecule has 0 bridgehead atoms. The molecule has 1 aromatic rings. The Balaban J connectivity index is 2.67. The van der Waals surface area contributed by atoms with E-state index in [1.54, 1.807) is 10.9 Å². The summed E-state index contributed by atoms with van der Waals surface area (Å²) in [6, 6.07) is 0. The highest BCUT2D eigenvalue weighted by molar-refractivity contribution is 9.10. The first kappa shape index (κ1) is 10.4. The molecule has 5 heteroatoms. The highest BCUT2D eigenvalue weighted by Gasteiger charge is 1.98. The van der Waals surface area contributed by atoms with E-state index in [1.807, 2.05) is 6.92 Å². The van der Waals surface area contributed by atoms with Crippen molar-refractivity contribution < 1.29 is 0 Å². The van der Waals surface area contributed by atoms with Gasteiger partial charge in [0.25, 0.3) is 5.56 Å². The van der Waals surface area contributed by atoms with Crippen molar-refractivity contribution in [3.63, 3.8) is 0 Å². The number of likely N-dealkylation sites (N-methyl/N-ethyl adjacent to an activating group) is 1. The molecule has 0 atom stereocenters. The maximum atomic E-state index is 11.4. The summed E-state index contributed by atoms with van der Waals surface area (Å²) in [6.07, 6.45) is 3.05. The Kier molecular flexibility index (Phi) is 4.11. The van der Waals surface area contributed by atoms with Crippen LogP contribution >= 0.6 is 15.9 Å². The first-order valence-corrected chi connectivity index (χ1v) is 4.95. The van der Waals surface area contributed by atoms with Crippen LogP contribution < -0.4 is 10.9 Å². The quantitative estimate of drug-likeness (QED) is 0.792. The molecule has 13 heavy (non-hydrogen) atoms. The molecule has 0 fully saturated rings. The van der Waals surface area contributed by atoms with Gasteiger partial charge in [-0.05, 0) is 22.5 Å². The third kappa shape index (κ3) is 2.93. The highest BCUT2D eigenvalue weighted by atomic mass is 79.9. The normalized spacial score (nSPS) is 10.3. The first-order valence-electron chi connectivity index (χ1n) is 4.16. The smallest absolute Gasteiger partial charge is 0.267 e. The molecule has 1 heterocycles. The topological polar surface area (TPSA) is 46.9 Å². The van der Waals surface area contributed by atoms with Crippen molar-refractivity contribution in [3.8, 4) is 0 Å². The summed E-state index contributed by atoms with van der Waals surface area (Å²) in [4.78, 5) is 15.3. The Morgan fingerprint density at radius 1 is 1.69 bits per heavy atom. The van der Waals surface area contributed by atoms with Gasteiger partial charge in [0.2, 0.25) is 0 Å². The van der Waals surface area contributed by atoms with Crippen LogP contribution in [0.2, 0.25) is 0 Å². The average molecular weight is 246 g/mol. The molecule has 4 nitrogen and oxygen atoms in total. The van der Waals surface area contributed by atoms with E-state index in [0.717, 1.165) is 13.1 Å². The zero-order chi connectivity index (χ0) is 9.68. The molecule has 1 N–H and O–H groups in total. The molecular formula is C8H12BrN3O. The van der Waals surface area contributed by atoms with Crippen molar-refractivity contribution >= 4 is 15.9 Å². The minimum Gasteiger partial charge on any atom is -0.315 e. The van der Waals surface area contributed by atoms with Crippen LogP contribution in [0.15, 0.2) is 21.8 Å². The molecule has 0 aromatic carbocycles. The molecule has 0 radical (unpaired) electrons. The van der Waals surface area contributed by atoms with Crippen molar-refractivity contribution in [1.82, 2.24) is 14.9 Å². The monoisotopic (exact) mass is 245 g/mol. The largest absolute Gasteiger partial charge is 0.315 e. The third-order valence-electron chi connectivity index (χ3n) is 1.64. The van der Waals surface area contributed by atoms with Crippen LogP contribution in [0.3, 0.4) is 0 Å². The lowest BCUT2D eigenvalue weighted by molar-refractivity contribution is 0.589. The zero-order valence-corrected chi connectivity index (χ0v) is 9.04. The van der Waals surface area contributed by atoms with Crippen LogP contribution in [-0.2, 0) is 6.54 Å². The molecule has 0 saturated carbocycles. The number of nitrogens with zero attached hydrogens (tertiary/aromatic N) is 2. The Morgan fingerprint density at radius 3 is 3.15 bits per heavy atom. The highest BCUT2D eigenvalue weighted by Crippen LogP contribution is 1.97. The standard InChI is InChI=1S/C8H12BrN3O/c1-2-10-3-4-12-6-11-5-7(9)8(12)13/h5-6,10H,2-4H2,1H3. The van der Waals surface area contributed by atoms with E-state index in [-0.39, 0.29) is 5.56 Å². The number of halogens is 1. The third-order valence-corrected chi connectivity index (χ3v) is 2.18. The van der Waals surface area contributed by atoms with Crippen molar-refractivity contribution in [3.05, 3.63) is 27.4 Å². The number of hydrogen-bond acceptors (Lipinski definition) is 3. The van der Waals surface area contributed by atoms with Crippen LogP contribution in [0, 0.1) is 0 Å². The molecule has 0 aliphatic heterocycles. The summed E-state index contributed by atoms with van der Waals surface area (Å²) in [5, 5.41) is 3.14. The zero-order valence-electron chi connectivity index (χ0n) is 7.46. The Morgan fingerprint density at radius 2 is 2.46 bits per heavy atom. The van der Waals surface area contributed by atoms with Crippen molar-refractivity contribution in [2.45, 2.75) is 13.5 Å². The maximum Gasteiger partial charge on any atom is 0.267 e. The maximum absolute atomic E-state index is 11.4. The van der Waals surface area contributed by atoms with E-state index in [9.17, 15) is 4.79 Å². The minimum absolute atomic E-state index is 0.0343. The van der Waals surface area contributed by atoms with Gasteiger partial charge in [0.15, 0.2) is 0 Å². The van der Waals surface area contributed by atoms with Gasteiger partial charge in [0.05, 0.1) is 6.33 Å². The summed E-state index contributed by atoms with van der Waals surface area (Å²) >= 11 is 3.14. The lowest BCUT2D eigenvalue weighted by atomic mass is 10.5. The second kappa shape index (κ2) is 5.14. The van der Waals surface area contributed by atoms with E-state index in [0.29, 0.717) is 11.0 Å². The molecule has 0 spiro atoms. The molecular weight excluding hydrogens is 234 g/mol. The summed E-state index contributed by atoms with van der Waals surface area (Å²) in [5.41, 5.74) is -0.0343. The van der Waals surface area contributed by atoms with Gasteiger partial charge < -0.3 is 5.32 Å². The molecule has 1 aromatic heterocycles. The Bertz CT molecular complexity index is 323. The molecule has 1 rings (SSSR count). The van der Waals surface area contributed by atoms with Crippen molar-refractivity contribution in [1.29, 1.82) is 0 Å². The summed E-state index contributed by atoms with van der Waals surface area (Å²) in [7, 11) is 0. The van der Waals surface area contributed by atoms with Gasteiger partial charge in [-0.15, -0.1) is 0 Å². The van der Waals surface area contributed by atoms with Crippen molar-refractivity contribution in [2.24, 2.45) is 0 Å². The lowest BCUT2D eigenvalue weighted by Crippen LogP contribution is -2.27. The fraction of sp³-hybridized carbons (Fsp3) is 0.500. The van der Waals surface area contributed by atoms with Crippen LogP contribution in [0.5, 0.6) is 0 Å². The second-order valence-corrected chi connectivity index (χ2v) is 3.45. The average Bonchev–Trinajstić information content (AvgIpc) is 2.13. The number of rotatable bonds is 4. The fourth-order valence-corrected chi connectivity index (χ4v) is 1.31. The number of hydrogen-bond donors (Lipinski definition) is 1. The molecule has 0 amide bonds. The van der Waals surface area contributed by atoms with E-state index in [1.165, 1.54) is 6.20 Å². The van der Waals surface area contributed by atoms with Crippen LogP contribution in [-0.4, -0.2) is 22.6 Å². The second-order valence-electron chi connectivity index (χ2n) is 2.59. The minimum atomic E-state index is -0.0343. The van der Waals surface area contributed by atoms with E-state index in [2.05, 4.69) is 26.2 Å². The van der Waals surface area contributed by atoms with E-state index in [4.69, 9.17) is 0 Å². The Labute approximate surface area is 85.1 Å². The van der Waals surface area contributed by atoms with Crippen LogP contribution in [0.4, 0.5) is 0 Å². The molecule has 72 valence electrons. The first-order chi connectivity index (χ1) is 6.25. The molecule has 0 aliphatic rings. The van der Waals surface area contributed by atoms with Crippen LogP contribution in [0.1, 0.15) is 6.92 Å². The summed E-state index contributed by atoms with van der Waals surface area (Å²) in [5.74, 6) is 0.